The SMILES string of the molecule is Cn1cc(-c2cc(F)ccc2C#N)cn1. The summed E-state index contributed by atoms with van der Waals surface area (Å²) in [5.41, 5.74) is 1.77. The number of aryl methyl sites for hydroxylation is 1. The molecule has 0 radical (unpaired) electrons. The Morgan fingerprint density at radius 1 is 1.47 bits per heavy atom. The van der Waals surface area contributed by atoms with Crippen molar-refractivity contribution >= 4 is 0 Å². The molecule has 1 aromatic heterocycles. The lowest BCUT2D eigenvalue weighted by molar-refractivity contribution is 0.628. The highest BCUT2D eigenvalue weighted by molar-refractivity contribution is 5.69. The topological polar surface area (TPSA) is 41.6 Å². The molecule has 0 amide bonds. The second kappa shape index (κ2) is 3.54. The number of rotatable bonds is 1. The molecule has 0 bridgehead atoms. The standard InChI is InChI=1S/C11H8FN3/c1-15-7-9(6-14-15)11-4-10(12)3-2-8(11)5-13/h2-4,6-7H,1H3. The first-order valence-corrected chi connectivity index (χ1v) is 4.39. The van der Waals surface area contributed by atoms with E-state index in [9.17, 15) is 4.39 Å². The monoisotopic (exact) mass is 201 g/mol. The van der Waals surface area contributed by atoms with Gasteiger partial charge in [-0.25, -0.2) is 4.39 Å². The van der Waals surface area contributed by atoms with Crippen molar-refractivity contribution in [1.29, 1.82) is 5.26 Å². The van der Waals surface area contributed by atoms with Gasteiger partial charge in [0, 0.05) is 24.4 Å². The van der Waals surface area contributed by atoms with E-state index in [2.05, 4.69) is 5.10 Å². The Kier molecular flexibility index (Phi) is 2.22. The summed E-state index contributed by atoms with van der Waals surface area (Å²) in [5.74, 6) is -0.354. The van der Waals surface area contributed by atoms with Gasteiger partial charge in [0.15, 0.2) is 0 Å². The minimum Gasteiger partial charge on any atom is -0.275 e. The largest absolute Gasteiger partial charge is 0.275 e. The summed E-state index contributed by atoms with van der Waals surface area (Å²) in [4.78, 5) is 0. The Balaban J connectivity index is 2.61. The molecule has 0 N–H and O–H groups in total. The first kappa shape index (κ1) is 9.41. The number of aromatic nitrogens is 2. The molecule has 0 fully saturated rings. The highest BCUT2D eigenvalue weighted by atomic mass is 19.1. The summed E-state index contributed by atoms with van der Waals surface area (Å²) in [6.07, 6.45) is 3.35. The van der Waals surface area contributed by atoms with Crippen molar-refractivity contribution in [3.05, 3.63) is 42.0 Å². The predicted molar refractivity (Wildman–Crippen MR) is 53.3 cm³/mol. The van der Waals surface area contributed by atoms with Gasteiger partial charge in [-0.1, -0.05) is 0 Å². The third-order valence-corrected chi connectivity index (χ3v) is 2.12. The van der Waals surface area contributed by atoms with Crippen LogP contribution in [0.3, 0.4) is 0 Å². The summed E-state index contributed by atoms with van der Waals surface area (Å²) >= 11 is 0. The fourth-order valence-corrected chi connectivity index (χ4v) is 1.41. The van der Waals surface area contributed by atoms with Gasteiger partial charge in [-0.05, 0) is 18.2 Å². The minimum absolute atomic E-state index is 0.354. The van der Waals surface area contributed by atoms with Crippen LogP contribution in [-0.2, 0) is 7.05 Å². The first-order valence-electron chi connectivity index (χ1n) is 4.39. The zero-order valence-electron chi connectivity index (χ0n) is 8.11. The molecule has 2 aromatic rings. The van der Waals surface area contributed by atoms with Crippen LogP contribution in [-0.4, -0.2) is 9.78 Å². The Morgan fingerprint density at radius 2 is 2.27 bits per heavy atom. The van der Waals surface area contributed by atoms with Gasteiger partial charge < -0.3 is 0 Å². The van der Waals surface area contributed by atoms with E-state index in [0.717, 1.165) is 5.56 Å². The lowest BCUT2D eigenvalue weighted by atomic mass is 10.0. The number of nitrogens with zero attached hydrogens (tertiary/aromatic N) is 3. The molecular formula is C11H8FN3. The quantitative estimate of drug-likeness (QED) is 0.709. The van der Waals surface area contributed by atoms with Gasteiger partial charge >= 0.3 is 0 Å². The summed E-state index contributed by atoms with van der Waals surface area (Å²) < 4.78 is 14.7. The minimum atomic E-state index is -0.354. The number of halogens is 1. The van der Waals surface area contributed by atoms with Crippen LogP contribution >= 0.6 is 0 Å². The van der Waals surface area contributed by atoms with Gasteiger partial charge in [-0.15, -0.1) is 0 Å². The number of hydrogen-bond acceptors (Lipinski definition) is 2. The highest BCUT2D eigenvalue weighted by Crippen LogP contribution is 2.23. The molecular weight excluding hydrogens is 193 g/mol. The molecule has 1 aromatic carbocycles. The van der Waals surface area contributed by atoms with Crippen molar-refractivity contribution in [2.24, 2.45) is 7.05 Å². The van der Waals surface area contributed by atoms with E-state index in [4.69, 9.17) is 5.26 Å². The van der Waals surface area contributed by atoms with Crippen LogP contribution in [0.1, 0.15) is 5.56 Å². The maximum Gasteiger partial charge on any atom is 0.123 e. The van der Waals surface area contributed by atoms with Gasteiger partial charge in [0.05, 0.1) is 17.8 Å². The number of benzene rings is 1. The normalized spacial score (nSPS) is 9.93. The van der Waals surface area contributed by atoms with E-state index in [1.807, 2.05) is 6.07 Å². The maximum absolute atomic E-state index is 13.0. The van der Waals surface area contributed by atoms with E-state index < -0.39 is 0 Å². The third-order valence-electron chi connectivity index (χ3n) is 2.12. The van der Waals surface area contributed by atoms with Gasteiger partial charge in [0.1, 0.15) is 5.82 Å². The van der Waals surface area contributed by atoms with Gasteiger partial charge in [-0.2, -0.15) is 10.4 Å². The molecule has 0 aliphatic carbocycles. The molecule has 3 nitrogen and oxygen atoms in total. The van der Waals surface area contributed by atoms with Gasteiger partial charge in [0.2, 0.25) is 0 Å². The third kappa shape index (κ3) is 1.72. The van der Waals surface area contributed by atoms with Crippen molar-refractivity contribution < 1.29 is 4.39 Å². The zero-order valence-corrected chi connectivity index (χ0v) is 8.11. The molecule has 0 saturated heterocycles. The molecule has 4 heteroatoms. The Hall–Kier alpha value is -2.15. The second-order valence-electron chi connectivity index (χ2n) is 3.20. The smallest absolute Gasteiger partial charge is 0.123 e. The van der Waals surface area contributed by atoms with Gasteiger partial charge in [-0.3, -0.25) is 4.68 Å². The molecule has 0 aliphatic rings. The molecule has 1 heterocycles. The molecule has 15 heavy (non-hydrogen) atoms. The number of nitriles is 1. The Labute approximate surface area is 86.4 Å². The van der Waals surface area contributed by atoms with Crippen molar-refractivity contribution in [2.45, 2.75) is 0 Å². The van der Waals surface area contributed by atoms with E-state index >= 15 is 0 Å². The van der Waals surface area contributed by atoms with E-state index in [1.165, 1.54) is 18.2 Å². The van der Waals surface area contributed by atoms with Crippen LogP contribution in [0.5, 0.6) is 0 Å². The average molecular weight is 201 g/mol. The van der Waals surface area contributed by atoms with Gasteiger partial charge in [0.25, 0.3) is 0 Å². The summed E-state index contributed by atoms with van der Waals surface area (Å²) in [6.45, 7) is 0. The molecule has 0 aliphatic heterocycles. The number of hydrogen-bond donors (Lipinski definition) is 0. The Bertz CT molecular complexity index is 537. The average Bonchev–Trinajstić information content (AvgIpc) is 2.65. The van der Waals surface area contributed by atoms with Crippen LogP contribution in [0, 0.1) is 17.1 Å². The van der Waals surface area contributed by atoms with Crippen molar-refractivity contribution in [1.82, 2.24) is 9.78 Å². The summed E-state index contributed by atoms with van der Waals surface area (Å²) in [7, 11) is 1.77. The fourth-order valence-electron chi connectivity index (χ4n) is 1.41. The van der Waals surface area contributed by atoms with E-state index in [1.54, 1.807) is 24.1 Å². The fraction of sp³-hybridized carbons (Fsp3) is 0.0909. The zero-order chi connectivity index (χ0) is 10.8. The Morgan fingerprint density at radius 3 is 2.87 bits per heavy atom. The second-order valence-corrected chi connectivity index (χ2v) is 3.20. The molecule has 0 unspecified atom stereocenters. The highest BCUT2D eigenvalue weighted by Gasteiger charge is 2.07. The van der Waals surface area contributed by atoms with Crippen molar-refractivity contribution in [2.75, 3.05) is 0 Å². The molecule has 0 spiro atoms. The van der Waals surface area contributed by atoms with E-state index in [-0.39, 0.29) is 5.82 Å². The first-order chi connectivity index (χ1) is 7.20. The van der Waals surface area contributed by atoms with Crippen molar-refractivity contribution in [3.63, 3.8) is 0 Å². The summed E-state index contributed by atoms with van der Waals surface area (Å²) in [6, 6.07) is 6.12. The maximum atomic E-state index is 13.0. The van der Waals surface area contributed by atoms with Crippen LogP contribution in [0.2, 0.25) is 0 Å². The lowest BCUT2D eigenvalue weighted by Crippen LogP contribution is -1.86. The predicted octanol–water partition coefficient (Wildman–Crippen LogP) is 2.10. The molecule has 0 saturated carbocycles. The van der Waals surface area contributed by atoms with Crippen LogP contribution in [0.15, 0.2) is 30.6 Å². The van der Waals surface area contributed by atoms with Crippen molar-refractivity contribution in [3.8, 4) is 17.2 Å². The van der Waals surface area contributed by atoms with E-state index in [0.29, 0.717) is 11.1 Å². The van der Waals surface area contributed by atoms with Crippen LogP contribution in [0.4, 0.5) is 4.39 Å². The summed E-state index contributed by atoms with van der Waals surface area (Å²) in [5, 5.41) is 12.9. The molecule has 2 rings (SSSR count). The molecule has 0 atom stereocenters. The van der Waals surface area contributed by atoms with Crippen LogP contribution in [0.25, 0.3) is 11.1 Å². The lowest BCUT2D eigenvalue weighted by Gasteiger charge is -2.00. The van der Waals surface area contributed by atoms with Crippen LogP contribution < -0.4 is 0 Å². The molecule has 74 valence electrons.